The van der Waals surface area contributed by atoms with Crippen LogP contribution in [0.1, 0.15) is 33.6 Å². The molecule has 0 spiro atoms. The minimum Gasteiger partial charge on any atom is -0.377 e. The Bertz CT molecular complexity index is 559. The normalized spacial score (nSPS) is 32.4. The molecule has 1 aromatic rings. The number of rotatable bonds is 3. The van der Waals surface area contributed by atoms with E-state index in [9.17, 15) is 4.79 Å². The number of hydrogen-bond acceptors (Lipinski definition) is 4. The second-order valence-electron chi connectivity index (χ2n) is 6.62. The summed E-state index contributed by atoms with van der Waals surface area (Å²) in [5.41, 5.74) is 5.32. The van der Waals surface area contributed by atoms with Crippen LogP contribution in [-0.4, -0.2) is 33.9 Å². The van der Waals surface area contributed by atoms with Crippen molar-refractivity contribution in [3.8, 4) is 0 Å². The van der Waals surface area contributed by atoms with Crippen LogP contribution < -0.4 is 11.1 Å². The maximum Gasteiger partial charge on any atom is 0.246 e. The van der Waals surface area contributed by atoms with Crippen LogP contribution in [-0.2, 0) is 16.1 Å². The molecule has 0 bridgehead atoms. The number of nitrogens with two attached hydrogens (primary N) is 1. The average molecular weight is 329 g/mol. The molecule has 1 amide bonds. The summed E-state index contributed by atoms with van der Waals surface area (Å²) in [7, 11) is 0. The molecule has 124 valence electrons. The lowest BCUT2D eigenvalue weighted by molar-refractivity contribution is -0.222. The summed E-state index contributed by atoms with van der Waals surface area (Å²) in [5, 5.41) is 7.12. The molecule has 3 atom stereocenters. The van der Waals surface area contributed by atoms with Gasteiger partial charge in [0, 0.05) is 30.6 Å². The second kappa shape index (κ2) is 5.83. The Hall–Kier alpha value is -1.11. The van der Waals surface area contributed by atoms with Crippen LogP contribution in [0.2, 0.25) is 0 Å². The summed E-state index contributed by atoms with van der Waals surface area (Å²) < 4.78 is 7.59. The van der Waals surface area contributed by atoms with Gasteiger partial charge in [0.1, 0.15) is 11.4 Å². The van der Waals surface area contributed by atoms with E-state index in [0.29, 0.717) is 12.4 Å². The first-order valence-electron chi connectivity index (χ1n) is 7.66. The van der Waals surface area contributed by atoms with Crippen LogP contribution in [0, 0.1) is 11.3 Å². The summed E-state index contributed by atoms with van der Waals surface area (Å²) >= 11 is 0. The Morgan fingerprint density at radius 1 is 1.59 bits per heavy atom. The Morgan fingerprint density at radius 2 is 2.32 bits per heavy atom. The van der Waals surface area contributed by atoms with Gasteiger partial charge >= 0.3 is 0 Å². The van der Waals surface area contributed by atoms with Crippen LogP contribution in [0.4, 0.5) is 5.82 Å². The Labute approximate surface area is 137 Å². The van der Waals surface area contributed by atoms with Crippen molar-refractivity contribution in [2.24, 2.45) is 17.1 Å². The molecule has 1 aliphatic carbocycles. The molecule has 2 aliphatic rings. The van der Waals surface area contributed by atoms with Crippen molar-refractivity contribution in [1.29, 1.82) is 0 Å². The lowest BCUT2D eigenvalue weighted by Crippen LogP contribution is -2.81. The van der Waals surface area contributed by atoms with Gasteiger partial charge in [-0.3, -0.25) is 4.79 Å². The van der Waals surface area contributed by atoms with Crippen LogP contribution in [0.5, 0.6) is 0 Å². The first-order chi connectivity index (χ1) is 9.92. The number of nitrogens with zero attached hydrogens (tertiary/aromatic N) is 2. The van der Waals surface area contributed by atoms with Crippen molar-refractivity contribution < 1.29 is 9.53 Å². The zero-order chi connectivity index (χ0) is 15.3. The molecular formula is C15H25ClN4O2. The molecule has 3 rings (SSSR count). The monoisotopic (exact) mass is 328 g/mol. The van der Waals surface area contributed by atoms with Gasteiger partial charge in [-0.05, 0) is 19.8 Å². The van der Waals surface area contributed by atoms with Gasteiger partial charge in [0.2, 0.25) is 5.91 Å². The Morgan fingerprint density at radius 3 is 3.00 bits per heavy atom. The number of anilines is 1. The molecule has 1 aliphatic heterocycles. The smallest absolute Gasteiger partial charge is 0.246 e. The van der Waals surface area contributed by atoms with E-state index in [0.717, 1.165) is 19.4 Å². The number of aromatic nitrogens is 2. The molecule has 7 heteroatoms. The third-order valence-electron chi connectivity index (χ3n) is 5.32. The summed E-state index contributed by atoms with van der Waals surface area (Å²) in [6.45, 7) is 7.51. The van der Waals surface area contributed by atoms with Crippen molar-refractivity contribution in [2.45, 2.75) is 51.8 Å². The van der Waals surface area contributed by atoms with Gasteiger partial charge in [0.25, 0.3) is 0 Å². The summed E-state index contributed by atoms with van der Waals surface area (Å²) in [6, 6.07) is 1.80. The SMILES string of the molecule is CCn1nccc1NC(=O)C1(N)C2CCCOC2C1(C)C.Cl. The van der Waals surface area contributed by atoms with E-state index < -0.39 is 5.54 Å². The maximum atomic E-state index is 12.8. The van der Waals surface area contributed by atoms with E-state index in [4.69, 9.17) is 10.5 Å². The predicted molar refractivity (Wildman–Crippen MR) is 86.9 cm³/mol. The van der Waals surface area contributed by atoms with E-state index in [2.05, 4.69) is 10.4 Å². The molecule has 2 heterocycles. The van der Waals surface area contributed by atoms with Crippen LogP contribution in [0.15, 0.2) is 12.3 Å². The van der Waals surface area contributed by atoms with E-state index in [-0.39, 0.29) is 35.8 Å². The zero-order valence-electron chi connectivity index (χ0n) is 13.3. The lowest BCUT2D eigenvalue weighted by atomic mass is 9.46. The molecule has 1 saturated carbocycles. The van der Waals surface area contributed by atoms with Gasteiger partial charge in [0.15, 0.2) is 0 Å². The van der Waals surface area contributed by atoms with Crippen molar-refractivity contribution in [3.05, 3.63) is 12.3 Å². The van der Waals surface area contributed by atoms with Gasteiger partial charge in [-0.25, -0.2) is 4.68 Å². The molecule has 1 aromatic heterocycles. The molecular weight excluding hydrogens is 304 g/mol. The highest BCUT2D eigenvalue weighted by Gasteiger charge is 2.70. The highest BCUT2D eigenvalue weighted by atomic mass is 35.5. The number of aryl methyl sites for hydroxylation is 1. The number of amides is 1. The van der Waals surface area contributed by atoms with Crippen LogP contribution in [0.25, 0.3) is 0 Å². The zero-order valence-corrected chi connectivity index (χ0v) is 14.2. The fourth-order valence-electron chi connectivity index (χ4n) is 3.95. The lowest BCUT2D eigenvalue weighted by Gasteiger charge is -2.65. The number of carbonyl (C=O) groups is 1. The number of nitrogens with one attached hydrogen (secondary N) is 1. The van der Waals surface area contributed by atoms with Crippen LogP contribution in [0.3, 0.4) is 0 Å². The third-order valence-corrected chi connectivity index (χ3v) is 5.32. The topological polar surface area (TPSA) is 82.2 Å². The molecule has 3 N–H and O–H groups in total. The first-order valence-corrected chi connectivity index (χ1v) is 7.66. The minimum atomic E-state index is -0.888. The number of carbonyl (C=O) groups excluding carboxylic acids is 1. The Balaban J connectivity index is 0.00000176. The minimum absolute atomic E-state index is 0. The molecule has 3 unspecified atom stereocenters. The highest BCUT2D eigenvalue weighted by Crippen LogP contribution is 2.57. The van der Waals surface area contributed by atoms with Crippen LogP contribution >= 0.6 is 12.4 Å². The van der Waals surface area contributed by atoms with Gasteiger partial charge in [-0.1, -0.05) is 13.8 Å². The summed E-state index contributed by atoms with van der Waals surface area (Å²) in [6.07, 6.45) is 3.68. The van der Waals surface area contributed by atoms with Crippen molar-refractivity contribution in [3.63, 3.8) is 0 Å². The van der Waals surface area contributed by atoms with Crippen molar-refractivity contribution in [1.82, 2.24) is 9.78 Å². The third kappa shape index (κ3) is 2.16. The maximum absolute atomic E-state index is 12.8. The number of halogens is 1. The summed E-state index contributed by atoms with van der Waals surface area (Å²) in [4.78, 5) is 12.8. The first kappa shape index (κ1) is 17.2. The van der Waals surface area contributed by atoms with E-state index in [1.807, 2.05) is 20.8 Å². The van der Waals surface area contributed by atoms with Gasteiger partial charge in [-0.15, -0.1) is 12.4 Å². The Kier molecular flexibility index (Phi) is 4.57. The highest BCUT2D eigenvalue weighted by molar-refractivity contribution is 5.99. The standard InChI is InChI=1S/C15H24N4O2.ClH/c1-4-19-11(7-8-17-19)18-13(20)15(16)10-6-5-9-21-12(10)14(15,2)3;/h7-8,10,12H,4-6,9,16H2,1-3H3,(H,18,20);1H. The average Bonchev–Trinajstić information content (AvgIpc) is 2.93. The predicted octanol–water partition coefficient (Wildman–Crippen LogP) is 1.80. The van der Waals surface area contributed by atoms with Gasteiger partial charge in [0.05, 0.1) is 12.3 Å². The van der Waals surface area contributed by atoms with Gasteiger partial charge in [-0.2, -0.15) is 5.10 Å². The van der Waals surface area contributed by atoms with Crippen molar-refractivity contribution in [2.75, 3.05) is 11.9 Å². The molecule has 22 heavy (non-hydrogen) atoms. The fourth-order valence-corrected chi connectivity index (χ4v) is 3.95. The van der Waals surface area contributed by atoms with E-state index in [1.54, 1.807) is 16.9 Å². The largest absolute Gasteiger partial charge is 0.377 e. The van der Waals surface area contributed by atoms with E-state index in [1.165, 1.54) is 0 Å². The second-order valence-corrected chi connectivity index (χ2v) is 6.62. The molecule has 0 aromatic carbocycles. The molecule has 1 saturated heterocycles. The molecule has 2 fully saturated rings. The number of ether oxygens (including phenoxy) is 1. The molecule has 0 radical (unpaired) electrons. The van der Waals surface area contributed by atoms with E-state index >= 15 is 0 Å². The number of hydrogen-bond donors (Lipinski definition) is 2. The van der Waals surface area contributed by atoms with Gasteiger partial charge < -0.3 is 15.8 Å². The fraction of sp³-hybridized carbons (Fsp3) is 0.733. The molecule has 6 nitrogen and oxygen atoms in total. The number of fused-ring (bicyclic) bond motifs is 1. The summed E-state index contributed by atoms with van der Waals surface area (Å²) in [5.74, 6) is 0.664. The van der Waals surface area contributed by atoms with Crippen molar-refractivity contribution >= 4 is 24.1 Å². The quantitative estimate of drug-likeness (QED) is 0.886.